The maximum atomic E-state index is 13.4. The van der Waals surface area contributed by atoms with Gasteiger partial charge in [-0.15, -0.1) is 0 Å². The third kappa shape index (κ3) is 5.87. The van der Waals surface area contributed by atoms with Gasteiger partial charge in [0.05, 0.1) is 24.5 Å². The molecule has 35 heavy (non-hydrogen) atoms. The van der Waals surface area contributed by atoms with E-state index in [4.69, 9.17) is 16.3 Å². The van der Waals surface area contributed by atoms with E-state index in [-0.39, 0.29) is 30.3 Å². The zero-order chi connectivity index (χ0) is 25.0. The molecule has 1 fully saturated rings. The van der Waals surface area contributed by atoms with Crippen molar-refractivity contribution in [3.63, 3.8) is 0 Å². The molecular formula is C27H24ClFN2O4. The first-order valence-corrected chi connectivity index (χ1v) is 11.5. The van der Waals surface area contributed by atoms with Gasteiger partial charge in [0.15, 0.2) is 0 Å². The quantitative estimate of drug-likeness (QED) is 0.441. The number of nitrogens with one attached hydrogen (secondary N) is 2. The Bertz CT molecular complexity index is 1270. The number of amides is 2. The molecule has 0 heterocycles. The van der Waals surface area contributed by atoms with Crippen LogP contribution in [-0.2, 0) is 32.7 Å². The molecule has 1 saturated carbocycles. The number of carbonyl (C=O) groups excluding carboxylic acids is 3. The van der Waals surface area contributed by atoms with Gasteiger partial charge in [0.2, 0.25) is 11.8 Å². The number of hydrogen-bond acceptors (Lipinski definition) is 4. The van der Waals surface area contributed by atoms with E-state index in [2.05, 4.69) is 10.6 Å². The Hall–Kier alpha value is -3.71. The number of benzene rings is 3. The summed E-state index contributed by atoms with van der Waals surface area (Å²) in [7, 11) is 1.27. The highest BCUT2D eigenvalue weighted by atomic mass is 35.5. The smallest absolute Gasteiger partial charge is 0.337 e. The molecule has 0 spiro atoms. The number of carbonyl (C=O) groups is 3. The molecule has 0 saturated heterocycles. The van der Waals surface area contributed by atoms with E-state index in [1.54, 1.807) is 42.5 Å². The van der Waals surface area contributed by atoms with Gasteiger partial charge in [-0.3, -0.25) is 9.59 Å². The van der Waals surface area contributed by atoms with Crippen molar-refractivity contribution in [2.75, 3.05) is 12.4 Å². The Kier molecular flexibility index (Phi) is 7.17. The molecule has 8 heteroatoms. The fourth-order valence-corrected chi connectivity index (χ4v) is 4.11. The molecule has 3 aromatic carbocycles. The lowest BCUT2D eigenvalue weighted by atomic mass is 9.95. The van der Waals surface area contributed by atoms with Gasteiger partial charge < -0.3 is 15.4 Å². The Labute approximate surface area is 207 Å². The van der Waals surface area contributed by atoms with E-state index in [9.17, 15) is 18.8 Å². The second-order valence-corrected chi connectivity index (χ2v) is 8.97. The zero-order valence-electron chi connectivity index (χ0n) is 19.1. The summed E-state index contributed by atoms with van der Waals surface area (Å²) in [6.45, 7) is 0.115. The third-order valence-electron chi connectivity index (χ3n) is 6.00. The first-order valence-electron chi connectivity index (χ1n) is 11.1. The van der Waals surface area contributed by atoms with Crippen LogP contribution < -0.4 is 10.6 Å². The van der Waals surface area contributed by atoms with Crippen LogP contribution in [0.1, 0.15) is 39.9 Å². The molecule has 6 nitrogen and oxygen atoms in total. The largest absolute Gasteiger partial charge is 0.465 e. The molecule has 2 amide bonds. The lowest BCUT2D eigenvalue weighted by molar-refractivity contribution is -0.120. The van der Waals surface area contributed by atoms with Crippen LogP contribution in [0.15, 0.2) is 66.7 Å². The summed E-state index contributed by atoms with van der Waals surface area (Å²) < 4.78 is 18.2. The lowest BCUT2D eigenvalue weighted by Gasteiger charge is -2.17. The van der Waals surface area contributed by atoms with Gasteiger partial charge in [0, 0.05) is 17.3 Å². The number of rotatable bonds is 8. The Morgan fingerprint density at radius 1 is 1.00 bits per heavy atom. The highest BCUT2D eigenvalue weighted by Crippen LogP contribution is 2.49. The van der Waals surface area contributed by atoms with Crippen LogP contribution in [0.4, 0.5) is 10.1 Å². The predicted molar refractivity (Wildman–Crippen MR) is 131 cm³/mol. The van der Waals surface area contributed by atoms with Gasteiger partial charge in [0.1, 0.15) is 5.82 Å². The van der Waals surface area contributed by atoms with Crippen LogP contribution in [0.3, 0.4) is 0 Å². The van der Waals surface area contributed by atoms with Crippen molar-refractivity contribution < 1.29 is 23.5 Å². The highest BCUT2D eigenvalue weighted by molar-refractivity contribution is 6.30. The highest BCUT2D eigenvalue weighted by Gasteiger charge is 2.51. The maximum absolute atomic E-state index is 13.4. The molecule has 3 aromatic rings. The molecule has 0 radical (unpaired) electrons. The molecule has 0 atom stereocenters. The summed E-state index contributed by atoms with van der Waals surface area (Å²) in [4.78, 5) is 37.7. The number of esters is 1. The van der Waals surface area contributed by atoms with Crippen molar-refractivity contribution in [1.82, 2.24) is 5.32 Å². The summed E-state index contributed by atoms with van der Waals surface area (Å²) in [5.74, 6) is -1.45. The maximum Gasteiger partial charge on any atom is 0.337 e. The standard InChI is InChI=1S/C27H24ClFN2O4/c1-35-25(33)19-11-18(16-30-24(32)14-17-3-2-4-22(29)12-17)13-23(15-19)31-26(34)27(9-10-27)20-5-7-21(28)8-6-20/h2-8,11-13,15H,9-10,14,16H2,1H3,(H,30,32)(H,31,34). The van der Waals surface area contributed by atoms with Crippen molar-refractivity contribution >= 4 is 35.1 Å². The topological polar surface area (TPSA) is 84.5 Å². The average Bonchev–Trinajstić information content (AvgIpc) is 3.65. The Morgan fingerprint density at radius 2 is 1.74 bits per heavy atom. The molecular weight excluding hydrogens is 471 g/mol. The van der Waals surface area contributed by atoms with Crippen LogP contribution in [0.5, 0.6) is 0 Å². The monoisotopic (exact) mass is 494 g/mol. The summed E-state index contributed by atoms with van der Waals surface area (Å²) in [6.07, 6.45) is 1.43. The minimum absolute atomic E-state index is 0.0155. The van der Waals surface area contributed by atoms with Gasteiger partial charge in [-0.25, -0.2) is 9.18 Å². The summed E-state index contributed by atoms with van der Waals surface area (Å²) in [5.41, 5.74) is 2.07. The Balaban J connectivity index is 1.48. The van der Waals surface area contributed by atoms with Crippen LogP contribution in [0, 0.1) is 5.82 Å². The Morgan fingerprint density at radius 3 is 2.40 bits per heavy atom. The minimum Gasteiger partial charge on any atom is -0.465 e. The summed E-state index contributed by atoms with van der Waals surface area (Å²) >= 11 is 5.98. The molecule has 0 aliphatic heterocycles. The van der Waals surface area contributed by atoms with E-state index in [1.165, 1.54) is 19.2 Å². The SMILES string of the molecule is COC(=O)c1cc(CNC(=O)Cc2cccc(F)c2)cc(NC(=O)C2(c3ccc(Cl)cc3)CC2)c1. The summed E-state index contributed by atoms with van der Waals surface area (Å²) in [5, 5.41) is 6.28. The summed E-state index contributed by atoms with van der Waals surface area (Å²) in [6, 6.07) is 17.9. The first kappa shape index (κ1) is 24.4. The van der Waals surface area contributed by atoms with Gasteiger partial charge in [-0.1, -0.05) is 35.9 Å². The molecule has 180 valence electrons. The normalized spacial score (nSPS) is 13.6. The number of anilines is 1. The van der Waals surface area contributed by atoms with E-state index in [0.29, 0.717) is 34.7 Å². The molecule has 4 rings (SSSR count). The molecule has 2 N–H and O–H groups in total. The molecule has 1 aliphatic rings. The van der Waals surface area contributed by atoms with E-state index in [0.717, 1.165) is 5.56 Å². The van der Waals surface area contributed by atoms with Crippen LogP contribution in [-0.4, -0.2) is 24.9 Å². The van der Waals surface area contributed by atoms with Gasteiger partial charge >= 0.3 is 5.97 Å². The van der Waals surface area contributed by atoms with Crippen molar-refractivity contribution in [3.05, 3.63) is 99.8 Å². The van der Waals surface area contributed by atoms with Gasteiger partial charge in [-0.2, -0.15) is 0 Å². The number of methoxy groups -OCH3 is 1. The van der Waals surface area contributed by atoms with Crippen molar-refractivity contribution in [3.8, 4) is 0 Å². The minimum atomic E-state index is -0.634. The first-order chi connectivity index (χ1) is 16.8. The predicted octanol–water partition coefficient (Wildman–Crippen LogP) is 4.79. The van der Waals surface area contributed by atoms with Crippen molar-refractivity contribution in [2.24, 2.45) is 0 Å². The number of hydrogen-bond donors (Lipinski definition) is 2. The van der Waals surface area contributed by atoms with Gasteiger partial charge in [0.25, 0.3) is 0 Å². The van der Waals surface area contributed by atoms with Crippen LogP contribution in [0.25, 0.3) is 0 Å². The van der Waals surface area contributed by atoms with Crippen molar-refractivity contribution in [2.45, 2.75) is 31.2 Å². The molecule has 0 aromatic heterocycles. The van der Waals surface area contributed by atoms with E-state index >= 15 is 0 Å². The zero-order valence-corrected chi connectivity index (χ0v) is 19.8. The van der Waals surface area contributed by atoms with Crippen molar-refractivity contribution in [1.29, 1.82) is 0 Å². The number of halogens is 2. The fourth-order valence-electron chi connectivity index (χ4n) is 3.99. The molecule has 0 unspecified atom stereocenters. The average molecular weight is 495 g/mol. The van der Waals surface area contributed by atoms with Crippen LogP contribution >= 0.6 is 11.6 Å². The van der Waals surface area contributed by atoms with E-state index in [1.807, 2.05) is 12.1 Å². The second kappa shape index (κ2) is 10.3. The third-order valence-corrected chi connectivity index (χ3v) is 6.25. The van der Waals surface area contributed by atoms with E-state index < -0.39 is 17.2 Å². The van der Waals surface area contributed by atoms with Crippen LogP contribution in [0.2, 0.25) is 5.02 Å². The molecule has 1 aliphatic carbocycles. The van der Waals surface area contributed by atoms with Gasteiger partial charge in [-0.05, 0) is 72.0 Å². The fraction of sp³-hybridized carbons (Fsp3) is 0.222. The molecule has 0 bridgehead atoms. The lowest BCUT2D eigenvalue weighted by Crippen LogP contribution is -2.28. The second-order valence-electron chi connectivity index (χ2n) is 8.54. The number of ether oxygens (including phenoxy) is 1.